The molecule has 6 aromatic heterocycles. The van der Waals surface area contributed by atoms with Gasteiger partial charge in [-0.25, -0.2) is 25.3 Å². The number of hydrogen-bond donors (Lipinski definition) is 6. The van der Waals surface area contributed by atoms with Crippen molar-refractivity contribution in [3.63, 3.8) is 0 Å². The fourth-order valence-electron chi connectivity index (χ4n) is 10.9. The third kappa shape index (κ3) is 11.1. The maximum Gasteiger partial charge on any atom is 3.00 e. The molecule has 21 nitrogen and oxygen atoms in total. The van der Waals surface area contributed by atoms with Crippen molar-refractivity contribution < 1.29 is 38.9 Å². The van der Waals surface area contributed by atoms with E-state index in [1.54, 1.807) is 72.8 Å². The van der Waals surface area contributed by atoms with Crippen LogP contribution in [0.3, 0.4) is 0 Å². The molecule has 0 unspecified atom stereocenters. The van der Waals surface area contributed by atoms with Gasteiger partial charge in [-0.2, -0.15) is 0 Å². The molecule has 0 amide bonds. The first-order valence-corrected chi connectivity index (χ1v) is 32.1. The molecule has 15 rings (SSSR count). The number of H-pyrrole nitrogens is 6. The van der Waals surface area contributed by atoms with E-state index in [2.05, 4.69) is 29.9 Å². The summed E-state index contributed by atoms with van der Waals surface area (Å²) in [7, 11) is -14.6. The molecule has 0 aliphatic heterocycles. The second kappa shape index (κ2) is 22.6. The van der Waals surface area contributed by atoms with Crippen LogP contribution in [0.25, 0.3) is 131 Å². The normalized spacial score (nSPS) is 12.2. The molecule has 0 spiro atoms. The molecular formula is C60H27AlCl6N6O15S3. The summed E-state index contributed by atoms with van der Waals surface area (Å²) in [4.78, 5) is 94.2. The first kappa shape index (κ1) is 63.0. The third-order valence-electron chi connectivity index (χ3n) is 15.0. The molecule has 91 heavy (non-hydrogen) atoms. The number of aromatic amines is 6. The minimum absolute atomic E-state index is 0. The van der Waals surface area contributed by atoms with Crippen molar-refractivity contribution in [2.75, 3.05) is 0 Å². The van der Waals surface area contributed by atoms with Crippen LogP contribution in [-0.4, -0.2) is 86.2 Å². The van der Waals surface area contributed by atoms with Gasteiger partial charge < -0.3 is 43.6 Å². The molecule has 0 bridgehead atoms. The van der Waals surface area contributed by atoms with Gasteiger partial charge in [0.2, 0.25) is 0 Å². The van der Waals surface area contributed by atoms with Gasteiger partial charge in [-0.3, -0.25) is 28.8 Å². The summed E-state index contributed by atoms with van der Waals surface area (Å²) < 4.78 is 103. The summed E-state index contributed by atoms with van der Waals surface area (Å²) in [5.74, 6) is 0. The van der Waals surface area contributed by atoms with Crippen molar-refractivity contribution >= 4 is 248 Å². The van der Waals surface area contributed by atoms with Crippen molar-refractivity contribution in [3.8, 4) is 0 Å². The zero-order valence-electron chi connectivity index (χ0n) is 44.8. The van der Waals surface area contributed by atoms with Crippen LogP contribution in [0.1, 0.15) is 0 Å². The first-order valence-electron chi connectivity index (χ1n) is 25.6. The molecule has 450 valence electrons. The summed E-state index contributed by atoms with van der Waals surface area (Å²) in [5, 5.41) is 3.49. The van der Waals surface area contributed by atoms with E-state index < -0.39 is 61.3 Å². The molecule has 0 saturated heterocycles. The van der Waals surface area contributed by atoms with Crippen LogP contribution in [0.4, 0.5) is 0 Å². The Morgan fingerprint density at radius 2 is 0.407 bits per heavy atom. The molecule has 0 saturated carbocycles. The topological polar surface area (TPSA) is 369 Å². The minimum Gasteiger partial charge on any atom is -0.744 e. The minimum atomic E-state index is -4.86. The van der Waals surface area contributed by atoms with E-state index in [4.69, 9.17) is 69.6 Å². The summed E-state index contributed by atoms with van der Waals surface area (Å²) in [6.45, 7) is 0. The number of halogens is 6. The van der Waals surface area contributed by atoms with Crippen LogP contribution in [0.5, 0.6) is 0 Å². The second-order valence-corrected chi connectivity index (χ2v) is 27.0. The standard InChI is InChI=1S/3C20H10Cl2N2O5S.Al/c3*21-8-1-2-9-14(3-8)23-15-5-11-16(4-10(15)19(9)25)24-17-7-13(22)18(30(27,28)29)6-12(17)20(11)26;/h3*1-7H,(H,23,25)(H,24,26)(H,27,28,29);/q;;;+3/p-3. The fourth-order valence-corrected chi connectivity index (χ4v) is 14.4. The molecule has 0 aliphatic carbocycles. The van der Waals surface area contributed by atoms with Crippen LogP contribution in [0, 0.1) is 0 Å². The zero-order valence-corrected chi connectivity index (χ0v) is 53.0. The molecule has 0 atom stereocenters. The largest absolute Gasteiger partial charge is 3.00 e. The number of rotatable bonds is 3. The fraction of sp³-hybridized carbons (Fsp3) is 0. The van der Waals surface area contributed by atoms with Gasteiger partial charge in [0, 0.05) is 79.7 Å². The molecule has 9 aromatic carbocycles. The van der Waals surface area contributed by atoms with E-state index in [0.29, 0.717) is 97.0 Å². The maximum absolute atomic E-state index is 13.1. The number of benzene rings is 9. The van der Waals surface area contributed by atoms with E-state index in [1.807, 2.05) is 0 Å². The Balaban J connectivity index is 0.000000131. The van der Waals surface area contributed by atoms with Crippen molar-refractivity contribution in [2.24, 2.45) is 0 Å². The van der Waals surface area contributed by atoms with Gasteiger partial charge in [0.1, 0.15) is 30.4 Å². The SMILES string of the molecule is O=c1c2ccc(Cl)cc2[nH]c2cc3c(=O)c4cc(S(=O)(=O)[O-])c(Cl)cc4[nH]c3cc12.O=c1c2ccc(Cl)cc2[nH]c2cc3c(=O)c4cc(S(=O)(=O)[O-])c(Cl)cc4[nH]c3cc12.O=c1c2ccc(Cl)cc2[nH]c2cc3c(=O)c4cc(S(=O)(=O)[O-])c(Cl)cc4[nH]c3cc12.[Al+3]. The summed E-state index contributed by atoms with van der Waals surface area (Å²) >= 11 is 35.8. The number of hydrogen-bond acceptors (Lipinski definition) is 15. The number of pyridine rings is 6. The summed E-state index contributed by atoms with van der Waals surface area (Å²) in [6.07, 6.45) is 0. The molecule has 0 radical (unpaired) electrons. The number of aromatic nitrogens is 6. The summed E-state index contributed by atoms with van der Waals surface area (Å²) in [5.41, 5.74) is 2.42. The predicted molar refractivity (Wildman–Crippen MR) is 353 cm³/mol. The average molecular weight is 1410 g/mol. The zero-order chi connectivity index (χ0) is 64.1. The van der Waals surface area contributed by atoms with E-state index in [1.165, 1.54) is 36.4 Å². The van der Waals surface area contributed by atoms with E-state index in [0.717, 1.165) is 18.2 Å². The van der Waals surface area contributed by atoms with Crippen LogP contribution in [0.15, 0.2) is 171 Å². The average Bonchev–Trinajstić information content (AvgIpc) is 0.763. The Kier molecular flexibility index (Phi) is 15.6. The monoisotopic (exact) mass is 1400 g/mol. The smallest absolute Gasteiger partial charge is 0.744 e. The van der Waals surface area contributed by atoms with Crippen molar-refractivity contribution in [1.82, 2.24) is 29.9 Å². The van der Waals surface area contributed by atoms with Crippen LogP contribution < -0.4 is 32.6 Å². The Hall–Kier alpha value is -8.20. The molecular weight excluding hydrogens is 1380 g/mol. The van der Waals surface area contributed by atoms with Gasteiger partial charge in [-0.05, 0) is 127 Å². The van der Waals surface area contributed by atoms with Crippen molar-refractivity contribution in [2.45, 2.75) is 14.7 Å². The predicted octanol–water partition coefficient (Wildman–Crippen LogP) is 11.3. The van der Waals surface area contributed by atoms with E-state index >= 15 is 0 Å². The third-order valence-corrected chi connectivity index (χ3v) is 19.6. The molecule has 0 fully saturated rings. The number of nitrogens with one attached hydrogen (secondary N) is 6. The maximum atomic E-state index is 13.1. The van der Waals surface area contributed by atoms with E-state index in [-0.39, 0.29) is 97.6 Å². The molecule has 0 aliphatic rings. The molecule has 6 heterocycles. The Bertz CT molecular complexity index is 6010. The molecule has 31 heteroatoms. The van der Waals surface area contributed by atoms with Crippen LogP contribution in [0.2, 0.25) is 30.1 Å². The van der Waals surface area contributed by atoms with Gasteiger partial charge in [-0.1, -0.05) is 69.6 Å². The van der Waals surface area contributed by atoms with Gasteiger partial charge in [0.05, 0.1) is 96.0 Å². The number of fused-ring (bicyclic) bond motifs is 12. The Labute approximate surface area is 546 Å². The first-order chi connectivity index (χ1) is 42.4. The second-order valence-electron chi connectivity index (χ2n) is 20.5. The van der Waals surface area contributed by atoms with Crippen LogP contribution in [-0.2, 0) is 30.4 Å². The van der Waals surface area contributed by atoms with Gasteiger partial charge >= 0.3 is 17.4 Å². The van der Waals surface area contributed by atoms with Gasteiger partial charge in [0.25, 0.3) is 0 Å². The molecule has 6 N–H and O–H groups in total. The van der Waals surface area contributed by atoms with Gasteiger partial charge in [0.15, 0.2) is 32.6 Å². The van der Waals surface area contributed by atoms with Crippen molar-refractivity contribution in [3.05, 3.63) is 219 Å². The van der Waals surface area contributed by atoms with Crippen LogP contribution >= 0.6 is 69.6 Å². The van der Waals surface area contributed by atoms with E-state index in [9.17, 15) is 67.7 Å². The van der Waals surface area contributed by atoms with Crippen molar-refractivity contribution in [1.29, 1.82) is 0 Å². The van der Waals surface area contributed by atoms with Gasteiger partial charge in [-0.15, -0.1) is 0 Å². The summed E-state index contributed by atoms with van der Waals surface area (Å²) in [6, 6.07) is 30.2. The Morgan fingerprint density at radius 1 is 0.242 bits per heavy atom. The quantitative estimate of drug-likeness (QED) is 0.0544. The Morgan fingerprint density at radius 3 is 0.604 bits per heavy atom. The molecule has 15 aromatic rings.